The van der Waals surface area contributed by atoms with E-state index >= 15 is 0 Å². The summed E-state index contributed by atoms with van der Waals surface area (Å²) in [7, 11) is 0. The SMILES string of the molecule is CCCNC1COCC1C(=O)Nc1ccc(C)c(O)c1C. The standard InChI is InChI=1S/C16H24N2O3/c1-4-7-17-14-9-21-8-12(14)16(20)18-13-6-5-10(2)15(19)11(13)3/h5-6,12,14,17,19H,4,7-9H2,1-3H3,(H,18,20). The van der Waals surface area contributed by atoms with Gasteiger partial charge in [0.2, 0.25) is 5.91 Å². The molecular formula is C16H24N2O3. The Morgan fingerprint density at radius 2 is 2.14 bits per heavy atom. The average Bonchev–Trinajstić information content (AvgIpc) is 2.94. The van der Waals surface area contributed by atoms with E-state index in [-0.39, 0.29) is 23.6 Å². The van der Waals surface area contributed by atoms with Gasteiger partial charge in [0.1, 0.15) is 5.75 Å². The number of nitrogens with one attached hydrogen (secondary N) is 2. The van der Waals surface area contributed by atoms with Crippen LogP contribution in [0.4, 0.5) is 5.69 Å². The molecule has 0 saturated carbocycles. The zero-order chi connectivity index (χ0) is 15.4. The first-order valence-corrected chi connectivity index (χ1v) is 7.45. The van der Waals surface area contributed by atoms with Crippen LogP contribution in [0.2, 0.25) is 0 Å². The molecule has 1 amide bonds. The van der Waals surface area contributed by atoms with Crippen molar-refractivity contribution in [2.75, 3.05) is 25.1 Å². The number of hydrogen-bond donors (Lipinski definition) is 3. The van der Waals surface area contributed by atoms with E-state index in [9.17, 15) is 9.90 Å². The van der Waals surface area contributed by atoms with Gasteiger partial charge in [-0.25, -0.2) is 0 Å². The molecule has 0 aromatic heterocycles. The fraction of sp³-hybridized carbons (Fsp3) is 0.562. The van der Waals surface area contributed by atoms with Crippen molar-refractivity contribution in [3.63, 3.8) is 0 Å². The summed E-state index contributed by atoms with van der Waals surface area (Å²) in [4.78, 5) is 12.4. The van der Waals surface area contributed by atoms with Crippen molar-refractivity contribution in [1.82, 2.24) is 5.32 Å². The first kappa shape index (κ1) is 15.8. The highest BCUT2D eigenvalue weighted by atomic mass is 16.5. The second-order valence-electron chi connectivity index (χ2n) is 5.60. The Morgan fingerprint density at radius 1 is 1.38 bits per heavy atom. The molecule has 0 radical (unpaired) electrons. The predicted molar refractivity (Wildman–Crippen MR) is 82.6 cm³/mol. The molecule has 2 unspecified atom stereocenters. The minimum atomic E-state index is -0.195. The highest BCUT2D eigenvalue weighted by Gasteiger charge is 2.33. The number of rotatable bonds is 5. The molecule has 1 saturated heterocycles. The van der Waals surface area contributed by atoms with E-state index in [2.05, 4.69) is 17.6 Å². The van der Waals surface area contributed by atoms with Gasteiger partial charge in [-0.15, -0.1) is 0 Å². The number of carbonyl (C=O) groups is 1. The Labute approximate surface area is 125 Å². The third kappa shape index (κ3) is 3.54. The molecule has 0 spiro atoms. The van der Waals surface area contributed by atoms with Crippen LogP contribution in [-0.4, -0.2) is 36.8 Å². The molecule has 116 valence electrons. The van der Waals surface area contributed by atoms with Crippen LogP contribution in [0, 0.1) is 19.8 Å². The number of carbonyl (C=O) groups excluding carboxylic acids is 1. The van der Waals surface area contributed by atoms with Crippen LogP contribution in [0.3, 0.4) is 0 Å². The summed E-state index contributed by atoms with van der Waals surface area (Å²) >= 11 is 0. The van der Waals surface area contributed by atoms with Crippen LogP contribution >= 0.6 is 0 Å². The van der Waals surface area contributed by atoms with Crippen molar-refractivity contribution in [1.29, 1.82) is 0 Å². The van der Waals surface area contributed by atoms with Crippen LogP contribution in [0.25, 0.3) is 0 Å². The van der Waals surface area contributed by atoms with Gasteiger partial charge in [0.15, 0.2) is 0 Å². The second kappa shape index (κ2) is 6.91. The van der Waals surface area contributed by atoms with E-state index in [0.717, 1.165) is 18.5 Å². The highest BCUT2D eigenvalue weighted by Crippen LogP contribution is 2.28. The Morgan fingerprint density at radius 3 is 2.86 bits per heavy atom. The molecule has 1 aromatic carbocycles. The fourth-order valence-electron chi connectivity index (χ4n) is 2.54. The minimum Gasteiger partial charge on any atom is -0.507 e. The Balaban J connectivity index is 2.05. The average molecular weight is 292 g/mol. The summed E-state index contributed by atoms with van der Waals surface area (Å²) in [5, 5.41) is 16.2. The van der Waals surface area contributed by atoms with Crippen LogP contribution < -0.4 is 10.6 Å². The number of amides is 1. The molecule has 1 heterocycles. The Bertz CT molecular complexity index is 516. The van der Waals surface area contributed by atoms with Crippen molar-refractivity contribution in [3.05, 3.63) is 23.3 Å². The number of aromatic hydroxyl groups is 1. The molecule has 1 fully saturated rings. The molecule has 5 nitrogen and oxygen atoms in total. The number of hydrogen-bond acceptors (Lipinski definition) is 4. The highest BCUT2D eigenvalue weighted by molar-refractivity contribution is 5.94. The first-order valence-electron chi connectivity index (χ1n) is 7.45. The van der Waals surface area contributed by atoms with Gasteiger partial charge in [-0.2, -0.15) is 0 Å². The molecule has 0 aliphatic carbocycles. The van der Waals surface area contributed by atoms with Crippen molar-refractivity contribution in [3.8, 4) is 5.75 Å². The molecule has 0 bridgehead atoms. The zero-order valence-corrected chi connectivity index (χ0v) is 12.9. The van der Waals surface area contributed by atoms with Crippen LogP contribution in [0.15, 0.2) is 12.1 Å². The lowest BCUT2D eigenvalue weighted by atomic mass is 10.0. The van der Waals surface area contributed by atoms with Crippen LogP contribution in [-0.2, 0) is 9.53 Å². The lowest BCUT2D eigenvalue weighted by Gasteiger charge is -2.19. The fourth-order valence-corrected chi connectivity index (χ4v) is 2.54. The summed E-state index contributed by atoms with van der Waals surface area (Å²) in [6, 6.07) is 3.69. The number of phenols is 1. The second-order valence-corrected chi connectivity index (χ2v) is 5.60. The maximum Gasteiger partial charge on any atom is 0.231 e. The molecule has 2 rings (SSSR count). The van der Waals surface area contributed by atoms with E-state index in [4.69, 9.17) is 4.74 Å². The number of ether oxygens (including phenoxy) is 1. The predicted octanol–water partition coefficient (Wildman–Crippen LogP) is 1.96. The van der Waals surface area contributed by atoms with Gasteiger partial charge < -0.3 is 20.5 Å². The summed E-state index contributed by atoms with van der Waals surface area (Å²) in [6.07, 6.45) is 1.02. The lowest BCUT2D eigenvalue weighted by molar-refractivity contribution is -0.120. The van der Waals surface area contributed by atoms with Crippen molar-refractivity contribution in [2.24, 2.45) is 5.92 Å². The van der Waals surface area contributed by atoms with E-state index in [1.54, 1.807) is 13.0 Å². The number of benzene rings is 1. The monoisotopic (exact) mass is 292 g/mol. The van der Waals surface area contributed by atoms with Gasteiger partial charge in [-0.3, -0.25) is 4.79 Å². The maximum absolute atomic E-state index is 12.4. The van der Waals surface area contributed by atoms with E-state index in [1.807, 2.05) is 13.0 Å². The van der Waals surface area contributed by atoms with Gasteiger partial charge >= 0.3 is 0 Å². The van der Waals surface area contributed by atoms with Gasteiger partial charge in [-0.1, -0.05) is 13.0 Å². The van der Waals surface area contributed by atoms with E-state index in [0.29, 0.717) is 24.5 Å². The molecule has 1 aliphatic heterocycles. The summed E-state index contributed by atoms with van der Waals surface area (Å²) in [5.41, 5.74) is 2.15. The summed E-state index contributed by atoms with van der Waals surface area (Å²) in [6.45, 7) is 7.61. The van der Waals surface area contributed by atoms with E-state index in [1.165, 1.54) is 0 Å². The smallest absolute Gasteiger partial charge is 0.231 e. The molecule has 21 heavy (non-hydrogen) atoms. The molecule has 1 aromatic rings. The molecular weight excluding hydrogens is 268 g/mol. The minimum absolute atomic E-state index is 0.0595. The Hall–Kier alpha value is -1.59. The van der Waals surface area contributed by atoms with Gasteiger partial charge in [0, 0.05) is 17.3 Å². The van der Waals surface area contributed by atoms with Crippen LogP contribution in [0.1, 0.15) is 24.5 Å². The zero-order valence-electron chi connectivity index (χ0n) is 12.9. The van der Waals surface area contributed by atoms with Crippen LogP contribution in [0.5, 0.6) is 5.75 Å². The number of aryl methyl sites for hydroxylation is 1. The molecule has 3 N–H and O–H groups in total. The molecule has 1 aliphatic rings. The maximum atomic E-state index is 12.4. The number of anilines is 1. The normalized spacial score (nSPS) is 21.5. The van der Waals surface area contributed by atoms with Gasteiger partial charge in [0.05, 0.1) is 19.1 Å². The Kier molecular flexibility index (Phi) is 5.20. The van der Waals surface area contributed by atoms with Crippen molar-refractivity contribution < 1.29 is 14.6 Å². The van der Waals surface area contributed by atoms with E-state index < -0.39 is 0 Å². The lowest BCUT2D eigenvalue weighted by Crippen LogP contribution is -2.41. The first-order chi connectivity index (χ1) is 10.0. The summed E-state index contributed by atoms with van der Waals surface area (Å²) < 4.78 is 5.43. The van der Waals surface area contributed by atoms with Gasteiger partial charge in [-0.05, 0) is 38.4 Å². The topological polar surface area (TPSA) is 70.6 Å². The third-order valence-corrected chi connectivity index (χ3v) is 3.96. The van der Waals surface area contributed by atoms with Crippen molar-refractivity contribution >= 4 is 11.6 Å². The van der Waals surface area contributed by atoms with Crippen molar-refractivity contribution in [2.45, 2.75) is 33.2 Å². The van der Waals surface area contributed by atoms with Gasteiger partial charge in [0.25, 0.3) is 0 Å². The third-order valence-electron chi connectivity index (χ3n) is 3.96. The summed E-state index contributed by atoms with van der Waals surface area (Å²) in [5.74, 6) is -0.0250. The molecule has 5 heteroatoms. The largest absolute Gasteiger partial charge is 0.507 e. The molecule has 2 atom stereocenters. The quantitative estimate of drug-likeness (QED) is 0.776. The number of phenolic OH excluding ortho intramolecular Hbond substituents is 1.